The summed E-state index contributed by atoms with van der Waals surface area (Å²) in [4.78, 5) is 12.3. The van der Waals surface area contributed by atoms with E-state index in [9.17, 15) is 4.79 Å². The lowest BCUT2D eigenvalue weighted by molar-refractivity contribution is 0.646. The molecule has 0 radical (unpaired) electrons. The van der Waals surface area contributed by atoms with Crippen LogP contribution in [0.2, 0.25) is 0 Å². The van der Waals surface area contributed by atoms with Crippen LogP contribution in [-0.4, -0.2) is 9.78 Å². The summed E-state index contributed by atoms with van der Waals surface area (Å²) < 4.78 is 2.47. The Balaban J connectivity index is 2.10. The second kappa shape index (κ2) is 4.97. The molecule has 19 heavy (non-hydrogen) atoms. The van der Waals surface area contributed by atoms with Crippen LogP contribution in [-0.2, 0) is 6.54 Å². The molecule has 0 aliphatic rings. The van der Waals surface area contributed by atoms with E-state index in [1.54, 1.807) is 6.20 Å². The Bertz CT molecular complexity index is 795. The van der Waals surface area contributed by atoms with Gasteiger partial charge >= 0.3 is 0 Å². The average molecular weight is 315 g/mol. The Morgan fingerprint density at radius 3 is 2.63 bits per heavy atom. The minimum absolute atomic E-state index is 0.0612. The van der Waals surface area contributed by atoms with E-state index in [-0.39, 0.29) is 5.56 Å². The molecule has 1 heterocycles. The van der Waals surface area contributed by atoms with E-state index < -0.39 is 0 Å². The normalized spacial score (nSPS) is 10.8. The van der Waals surface area contributed by atoms with Crippen molar-refractivity contribution < 1.29 is 0 Å². The summed E-state index contributed by atoms with van der Waals surface area (Å²) in [7, 11) is 0. The summed E-state index contributed by atoms with van der Waals surface area (Å²) >= 11 is 3.48. The van der Waals surface area contributed by atoms with Gasteiger partial charge in [0.15, 0.2) is 0 Å². The number of benzene rings is 2. The maximum absolute atomic E-state index is 12.3. The van der Waals surface area contributed by atoms with E-state index in [0.29, 0.717) is 11.9 Å². The van der Waals surface area contributed by atoms with Crippen LogP contribution in [0.15, 0.2) is 64.0 Å². The summed E-state index contributed by atoms with van der Waals surface area (Å²) in [6, 6.07) is 15.3. The molecular weight excluding hydrogens is 304 g/mol. The van der Waals surface area contributed by atoms with Crippen molar-refractivity contribution >= 4 is 26.7 Å². The average Bonchev–Trinajstić information content (AvgIpc) is 2.44. The van der Waals surface area contributed by atoms with E-state index >= 15 is 0 Å². The standard InChI is InChI=1S/C15H11BrN2O/c16-14-8-4-2-6-12(14)10-18-15(19)13-7-3-1-5-11(13)9-17-18/h1-9H,10H2. The summed E-state index contributed by atoms with van der Waals surface area (Å²) in [6.45, 7) is 0.463. The van der Waals surface area contributed by atoms with E-state index in [2.05, 4.69) is 21.0 Å². The zero-order valence-corrected chi connectivity index (χ0v) is 11.7. The number of hydrogen-bond acceptors (Lipinski definition) is 2. The van der Waals surface area contributed by atoms with Crippen molar-refractivity contribution in [2.24, 2.45) is 0 Å². The van der Waals surface area contributed by atoms with E-state index in [4.69, 9.17) is 0 Å². The van der Waals surface area contributed by atoms with E-state index in [1.807, 2.05) is 48.5 Å². The lowest BCUT2D eigenvalue weighted by Crippen LogP contribution is -2.23. The first-order valence-corrected chi connectivity index (χ1v) is 6.73. The van der Waals surface area contributed by atoms with Gasteiger partial charge in [0, 0.05) is 9.86 Å². The molecule has 3 rings (SSSR count). The van der Waals surface area contributed by atoms with Gasteiger partial charge < -0.3 is 0 Å². The van der Waals surface area contributed by atoms with Gasteiger partial charge in [0.25, 0.3) is 5.56 Å². The van der Waals surface area contributed by atoms with Crippen molar-refractivity contribution in [3.63, 3.8) is 0 Å². The fourth-order valence-electron chi connectivity index (χ4n) is 2.03. The highest BCUT2D eigenvalue weighted by Crippen LogP contribution is 2.16. The Hall–Kier alpha value is -1.94. The second-order valence-electron chi connectivity index (χ2n) is 4.29. The van der Waals surface area contributed by atoms with Gasteiger partial charge in [-0.1, -0.05) is 52.3 Å². The van der Waals surface area contributed by atoms with Gasteiger partial charge in [-0.25, -0.2) is 4.68 Å². The van der Waals surface area contributed by atoms with Crippen LogP contribution in [0.4, 0.5) is 0 Å². The molecule has 94 valence electrons. The van der Waals surface area contributed by atoms with Crippen LogP contribution in [0.1, 0.15) is 5.56 Å². The molecule has 0 unspecified atom stereocenters. The smallest absolute Gasteiger partial charge is 0.267 e. The first kappa shape index (κ1) is 12.1. The van der Waals surface area contributed by atoms with Crippen molar-refractivity contribution in [1.82, 2.24) is 9.78 Å². The predicted molar refractivity (Wildman–Crippen MR) is 79.2 cm³/mol. The highest BCUT2D eigenvalue weighted by Gasteiger charge is 2.05. The lowest BCUT2D eigenvalue weighted by Gasteiger charge is -2.07. The molecule has 0 aliphatic heterocycles. The second-order valence-corrected chi connectivity index (χ2v) is 5.14. The third kappa shape index (κ3) is 2.31. The summed E-state index contributed by atoms with van der Waals surface area (Å²) in [6.07, 6.45) is 1.73. The molecule has 1 aromatic heterocycles. The van der Waals surface area contributed by atoms with Gasteiger partial charge in [0.05, 0.1) is 18.1 Å². The van der Waals surface area contributed by atoms with Crippen LogP contribution in [0, 0.1) is 0 Å². The topological polar surface area (TPSA) is 34.9 Å². The molecule has 0 bridgehead atoms. The predicted octanol–water partition coefficient (Wildman–Crippen LogP) is 3.21. The largest absolute Gasteiger partial charge is 0.274 e. The van der Waals surface area contributed by atoms with Crippen LogP contribution in [0.3, 0.4) is 0 Å². The summed E-state index contributed by atoms with van der Waals surface area (Å²) in [5.41, 5.74) is 0.973. The molecule has 3 aromatic rings. The van der Waals surface area contributed by atoms with Crippen molar-refractivity contribution in [3.8, 4) is 0 Å². The van der Waals surface area contributed by atoms with Gasteiger partial charge in [0.1, 0.15) is 0 Å². The monoisotopic (exact) mass is 314 g/mol. The zero-order chi connectivity index (χ0) is 13.2. The number of aromatic nitrogens is 2. The number of nitrogens with zero attached hydrogens (tertiary/aromatic N) is 2. The fourth-order valence-corrected chi connectivity index (χ4v) is 2.44. The first-order chi connectivity index (χ1) is 9.25. The summed E-state index contributed by atoms with van der Waals surface area (Å²) in [5.74, 6) is 0. The molecule has 0 N–H and O–H groups in total. The molecule has 0 aliphatic carbocycles. The number of hydrogen-bond donors (Lipinski definition) is 0. The number of fused-ring (bicyclic) bond motifs is 1. The molecule has 0 amide bonds. The number of rotatable bonds is 2. The molecule has 0 saturated carbocycles. The molecule has 2 aromatic carbocycles. The Morgan fingerprint density at radius 2 is 1.79 bits per heavy atom. The third-order valence-corrected chi connectivity index (χ3v) is 3.81. The SMILES string of the molecule is O=c1c2ccccc2cnn1Cc1ccccc1Br. The van der Waals surface area contributed by atoms with Crippen molar-refractivity contribution in [3.05, 3.63) is 75.1 Å². The maximum atomic E-state index is 12.3. The fraction of sp³-hybridized carbons (Fsp3) is 0.0667. The van der Waals surface area contributed by atoms with Gasteiger partial charge in [-0.15, -0.1) is 0 Å². The van der Waals surface area contributed by atoms with Gasteiger partial charge in [-0.3, -0.25) is 4.79 Å². The van der Waals surface area contributed by atoms with Crippen molar-refractivity contribution in [2.75, 3.05) is 0 Å². The Morgan fingerprint density at radius 1 is 1.05 bits per heavy atom. The molecule has 0 fully saturated rings. The molecular formula is C15H11BrN2O. The van der Waals surface area contributed by atoms with Crippen LogP contribution in [0.25, 0.3) is 10.8 Å². The Labute approximate surface area is 118 Å². The quantitative estimate of drug-likeness (QED) is 0.728. The molecule has 3 nitrogen and oxygen atoms in total. The van der Waals surface area contributed by atoms with Gasteiger partial charge in [-0.2, -0.15) is 5.10 Å². The van der Waals surface area contributed by atoms with E-state index in [0.717, 1.165) is 15.4 Å². The maximum Gasteiger partial charge on any atom is 0.274 e. The highest BCUT2D eigenvalue weighted by atomic mass is 79.9. The minimum Gasteiger partial charge on any atom is -0.267 e. The molecule has 0 saturated heterocycles. The van der Waals surface area contributed by atoms with Crippen LogP contribution in [0.5, 0.6) is 0 Å². The lowest BCUT2D eigenvalue weighted by atomic mass is 10.2. The molecule has 4 heteroatoms. The van der Waals surface area contributed by atoms with Gasteiger partial charge in [-0.05, 0) is 17.7 Å². The highest BCUT2D eigenvalue weighted by molar-refractivity contribution is 9.10. The van der Waals surface area contributed by atoms with Gasteiger partial charge in [0.2, 0.25) is 0 Å². The molecule has 0 atom stereocenters. The number of halogens is 1. The van der Waals surface area contributed by atoms with Crippen LogP contribution < -0.4 is 5.56 Å². The molecule has 0 spiro atoms. The third-order valence-electron chi connectivity index (χ3n) is 3.04. The van der Waals surface area contributed by atoms with E-state index in [1.165, 1.54) is 4.68 Å². The summed E-state index contributed by atoms with van der Waals surface area (Å²) in [5, 5.41) is 5.80. The van der Waals surface area contributed by atoms with Crippen molar-refractivity contribution in [2.45, 2.75) is 6.54 Å². The first-order valence-electron chi connectivity index (χ1n) is 5.94. The Kier molecular flexibility index (Phi) is 3.17. The van der Waals surface area contributed by atoms with Crippen LogP contribution >= 0.6 is 15.9 Å². The minimum atomic E-state index is -0.0612. The van der Waals surface area contributed by atoms with Crippen molar-refractivity contribution in [1.29, 1.82) is 0 Å². The zero-order valence-electron chi connectivity index (χ0n) is 10.1.